The van der Waals surface area contributed by atoms with Gasteiger partial charge in [-0.05, 0) is 118 Å². The van der Waals surface area contributed by atoms with Crippen LogP contribution in [0.25, 0.3) is 64.3 Å². The first kappa shape index (κ1) is 32.2. The standard InChI is InChI=1S/C50H39NS3/c1-53(2)45-22-10-8-19-40(45)41-25-23-35(30-47(41)53)51(34-16-11-15-33(29-34)38-20-12-14-32-13-5-6-17-37(32)38)36-24-26-43-48(31-36)54(3,4)46-28-27-42-39-18-7-9-21-44(39)52-50(42)49(43)46/h5-31H,1-4H3. The maximum Gasteiger partial charge on any atom is 0.0472 e. The fourth-order valence-electron chi connectivity index (χ4n) is 9.13. The van der Waals surface area contributed by atoms with E-state index in [0.29, 0.717) is 0 Å². The van der Waals surface area contributed by atoms with Gasteiger partial charge in [-0.15, -0.1) is 11.3 Å². The lowest BCUT2D eigenvalue weighted by Gasteiger charge is -2.32. The molecule has 0 amide bonds. The van der Waals surface area contributed by atoms with Gasteiger partial charge in [0.1, 0.15) is 0 Å². The van der Waals surface area contributed by atoms with E-state index < -0.39 is 20.1 Å². The minimum absolute atomic E-state index is 1.17. The zero-order valence-electron chi connectivity index (χ0n) is 30.8. The van der Waals surface area contributed by atoms with Crippen molar-refractivity contribution in [2.45, 2.75) is 19.6 Å². The molecule has 1 nitrogen and oxygen atoms in total. The van der Waals surface area contributed by atoms with Crippen molar-refractivity contribution in [3.05, 3.63) is 164 Å². The zero-order valence-corrected chi connectivity index (χ0v) is 33.2. The molecule has 2 aliphatic heterocycles. The van der Waals surface area contributed by atoms with Crippen molar-refractivity contribution < 1.29 is 0 Å². The Balaban J connectivity index is 1.12. The second-order valence-electron chi connectivity index (χ2n) is 15.3. The Bertz CT molecular complexity index is 3020. The maximum atomic E-state index is 2.52. The summed E-state index contributed by atoms with van der Waals surface area (Å²) in [6.45, 7) is 0. The molecule has 0 fully saturated rings. The van der Waals surface area contributed by atoms with Crippen LogP contribution in [0.1, 0.15) is 0 Å². The van der Waals surface area contributed by atoms with Crippen molar-refractivity contribution >= 4 is 79.4 Å². The van der Waals surface area contributed by atoms with Crippen LogP contribution >= 0.6 is 31.4 Å². The normalized spacial score (nSPS) is 15.8. The summed E-state index contributed by atoms with van der Waals surface area (Å²) in [6, 6.07) is 61.8. The Labute approximate surface area is 324 Å². The zero-order chi connectivity index (χ0) is 36.3. The van der Waals surface area contributed by atoms with Crippen molar-refractivity contribution in [1.29, 1.82) is 0 Å². The Morgan fingerprint density at radius 2 is 1.02 bits per heavy atom. The van der Waals surface area contributed by atoms with E-state index in [2.05, 4.69) is 194 Å². The lowest BCUT2D eigenvalue weighted by Crippen LogP contribution is -2.11. The van der Waals surface area contributed by atoms with Crippen LogP contribution < -0.4 is 4.90 Å². The summed E-state index contributed by atoms with van der Waals surface area (Å²) in [6.07, 6.45) is 9.90. The SMILES string of the molecule is CS1(C)c2ccccc2-c2ccc(N(c3cccc(-c4cccc5ccccc45)c3)c3ccc4c(c3)S(C)(C)c3ccc5c(sc6ccccc65)c3-4)cc21. The van der Waals surface area contributed by atoms with Gasteiger partial charge in [-0.3, -0.25) is 0 Å². The first-order chi connectivity index (χ1) is 26.3. The van der Waals surface area contributed by atoms with Gasteiger partial charge in [0.15, 0.2) is 0 Å². The van der Waals surface area contributed by atoms with Gasteiger partial charge in [0.05, 0.1) is 0 Å². The number of hydrogen-bond acceptors (Lipinski definition) is 2. The monoisotopic (exact) mass is 749 g/mol. The van der Waals surface area contributed by atoms with Crippen molar-refractivity contribution in [2.24, 2.45) is 0 Å². The third-order valence-electron chi connectivity index (χ3n) is 11.8. The van der Waals surface area contributed by atoms with E-state index in [1.165, 1.54) is 101 Å². The van der Waals surface area contributed by atoms with Gasteiger partial charge in [-0.2, -0.15) is 20.1 Å². The predicted octanol–water partition coefficient (Wildman–Crippen LogP) is 15.3. The Morgan fingerprint density at radius 1 is 0.407 bits per heavy atom. The molecule has 9 aromatic rings. The fraction of sp³-hybridized carbons (Fsp3) is 0.0800. The van der Waals surface area contributed by atoms with Gasteiger partial charge < -0.3 is 4.90 Å². The molecular weight excluding hydrogens is 711 g/mol. The van der Waals surface area contributed by atoms with Crippen LogP contribution in [0, 0.1) is 0 Å². The highest BCUT2D eigenvalue weighted by Gasteiger charge is 2.36. The summed E-state index contributed by atoms with van der Waals surface area (Å²) in [5.74, 6) is 0. The van der Waals surface area contributed by atoms with Crippen molar-refractivity contribution in [3.63, 3.8) is 0 Å². The first-order valence-corrected chi connectivity index (χ1v) is 24.2. The molecule has 0 saturated heterocycles. The fourth-order valence-corrected chi connectivity index (χ4v) is 15.5. The number of fused-ring (bicyclic) bond motifs is 11. The van der Waals surface area contributed by atoms with E-state index in [9.17, 15) is 0 Å². The Kier molecular flexibility index (Phi) is 6.93. The highest BCUT2D eigenvalue weighted by Crippen LogP contribution is 2.70. The van der Waals surface area contributed by atoms with E-state index in [1.807, 2.05) is 11.3 Å². The van der Waals surface area contributed by atoms with E-state index in [-0.39, 0.29) is 0 Å². The average Bonchev–Trinajstić information content (AvgIpc) is 3.77. The van der Waals surface area contributed by atoms with E-state index in [4.69, 9.17) is 0 Å². The molecule has 0 radical (unpaired) electrons. The first-order valence-electron chi connectivity index (χ1n) is 18.5. The van der Waals surface area contributed by atoms with Crippen molar-refractivity contribution in [3.8, 4) is 33.4 Å². The van der Waals surface area contributed by atoms with Crippen LogP contribution in [0.4, 0.5) is 17.1 Å². The quantitative estimate of drug-likeness (QED) is 0.173. The van der Waals surface area contributed by atoms with Gasteiger partial charge in [-0.1, -0.05) is 109 Å². The minimum Gasteiger partial charge on any atom is -0.310 e. The summed E-state index contributed by atoms with van der Waals surface area (Å²) in [5, 5.41) is 5.27. The lowest BCUT2D eigenvalue weighted by molar-refractivity contribution is 1.25. The molecule has 0 aliphatic carbocycles. The highest BCUT2D eigenvalue weighted by atomic mass is 32.3. The molecular formula is C50H39NS3. The molecule has 0 bridgehead atoms. The topological polar surface area (TPSA) is 3.24 Å². The third kappa shape index (κ3) is 4.54. The van der Waals surface area contributed by atoms with Gasteiger partial charge in [0.25, 0.3) is 0 Å². The number of nitrogens with zero attached hydrogens (tertiary/aromatic N) is 1. The second kappa shape index (κ2) is 11.6. The minimum atomic E-state index is -1.27. The number of rotatable bonds is 4. The summed E-state index contributed by atoms with van der Waals surface area (Å²) in [4.78, 5) is 8.42. The number of benzene rings is 8. The van der Waals surface area contributed by atoms with Crippen molar-refractivity contribution in [1.82, 2.24) is 0 Å². The van der Waals surface area contributed by atoms with E-state index in [1.54, 1.807) is 0 Å². The molecule has 3 heterocycles. The van der Waals surface area contributed by atoms with Gasteiger partial charge in [0, 0.05) is 62.4 Å². The Morgan fingerprint density at radius 3 is 1.87 bits per heavy atom. The molecule has 2 aliphatic rings. The predicted molar refractivity (Wildman–Crippen MR) is 240 cm³/mol. The summed E-state index contributed by atoms with van der Waals surface area (Å²) >= 11 is 1.95. The van der Waals surface area contributed by atoms with E-state index >= 15 is 0 Å². The van der Waals surface area contributed by atoms with Gasteiger partial charge in [0.2, 0.25) is 0 Å². The molecule has 1 aromatic heterocycles. The highest BCUT2D eigenvalue weighted by molar-refractivity contribution is 8.33. The maximum absolute atomic E-state index is 2.52. The average molecular weight is 750 g/mol. The molecule has 262 valence electrons. The number of hydrogen-bond donors (Lipinski definition) is 0. The smallest absolute Gasteiger partial charge is 0.0472 e. The van der Waals surface area contributed by atoms with Crippen LogP contribution in [0.15, 0.2) is 183 Å². The van der Waals surface area contributed by atoms with Gasteiger partial charge in [-0.25, -0.2) is 0 Å². The largest absolute Gasteiger partial charge is 0.310 e. The summed E-state index contributed by atoms with van der Waals surface area (Å²) < 4.78 is 2.78. The molecule has 0 spiro atoms. The van der Waals surface area contributed by atoms with Crippen LogP contribution in [0.5, 0.6) is 0 Å². The van der Waals surface area contributed by atoms with Crippen LogP contribution in [-0.4, -0.2) is 25.0 Å². The second-order valence-corrected chi connectivity index (χ2v) is 23.5. The molecule has 11 rings (SSSR count). The van der Waals surface area contributed by atoms with Crippen LogP contribution in [0.3, 0.4) is 0 Å². The van der Waals surface area contributed by atoms with Crippen LogP contribution in [-0.2, 0) is 0 Å². The van der Waals surface area contributed by atoms with Crippen LogP contribution in [0.2, 0.25) is 0 Å². The number of thiophene rings is 1. The molecule has 8 aromatic carbocycles. The molecule has 4 heteroatoms. The lowest BCUT2D eigenvalue weighted by atomic mass is 9.97. The molecule has 0 atom stereocenters. The van der Waals surface area contributed by atoms with Gasteiger partial charge >= 0.3 is 0 Å². The molecule has 0 saturated carbocycles. The summed E-state index contributed by atoms with van der Waals surface area (Å²) in [5.41, 5.74) is 11.6. The Hall–Kier alpha value is -5.26. The molecule has 0 unspecified atom stereocenters. The van der Waals surface area contributed by atoms with Crippen molar-refractivity contribution in [2.75, 3.05) is 29.9 Å². The number of anilines is 3. The summed E-state index contributed by atoms with van der Waals surface area (Å²) in [7, 11) is -2.45. The molecule has 54 heavy (non-hydrogen) atoms. The molecule has 0 N–H and O–H groups in total. The van der Waals surface area contributed by atoms with E-state index in [0.717, 1.165) is 0 Å². The third-order valence-corrected chi connectivity index (χ3v) is 18.8.